The average molecular weight is 631 g/mol. The molecular weight excluding hydrogens is 592 g/mol. The molecule has 0 radical (unpaired) electrons. The lowest BCUT2D eigenvalue weighted by Gasteiger charge is -2.33. The molecule has 17 nitrogen and oxygen atoms in total. The molecule has 4 atom stereocenters. The van der Waals surface area contributed by atoms with Crippen LogP contribution >= 0.6 is 11.8 Å². The first kappa shape index (κ1) is 30.2. The molecule has 44 heavy (non-hydrogen) atoms. The number of imidazole rings is 1. The number of aliphatic hydroxyl groups excluding tert-OH is 2. The molecule has 0 saturated carbocycles. The van der Waals surface area contributed by atoms with E-state index in [9.17, 15) is 19.8 Å². The lowest BCUT2D eigenvalue weighted by Crippen LogP contribution is -2.52. The van der Waals surface area contributed by atoms with Crippen LogP contribution in [0.25, 0.3) is 11.2 Å². The van der Waals surface area contributed by atoms with E-state index in [1.54, 1.807) is 30.2 Å². The molecule has 9 N–H and O–H groups in total. The Kier molecular flexibility index (Phi) is 8.18. The second-order valence-corrected chi connectivity index (χ2v) is 13.0. The second kappa shape index (κ2) is 11.9. The normalized spacial score (nSPS) is 25.4. The van der Waals surface area contributed by atoms with Gasteiger partial charge < -0.3 is 42.0 Å². The van der Waals surface area contributed by atoms with Gasteiger partial charge in [0.25, 0.3) is 11.5 Å². The average Bonchev–Trinajstić information content (AvgIpc) is 3.53. The molecule has 238 valence electrons. The predicted molar refractivity (Wildman–Crippen MR) is 167 cm³/mol. The topological polar surface area (TPSA) is 248 Å². The number of aliphatic imine (C=N–C) groups is 1. The summed E-state index contributed by atoms with van der Waals surface area (Å²) in [5.74, 6) is 0.617. The molecule has 6 rings (SSSR count). The molecule has 3 aromatic rings. The van der Waals surface area contributed by atoms with Crippen LogP contribution in [0.3, 0.4) is 0 Å². The van der Waals surface area contributed by atoms with Gasteiger partial charge in [0.15, 0.2) is 29.2 Å². The monoisotopic (exact) mass is 630 g/mol. The zero-order valence-corrected chi connectivity index (χ0v) is 25.1. The van der Waals surface area contributed by atoms with Crippen LogP contribution in [0.2, 0.25) is 0 Å². The summed E-state index contributed by atoms with van der Waals surface area (Å²) in [4.78, 5) is 50.7. The highest BCUT2D eigenvalue weighted by Gasteiger charge is 2.44. The quantitative estimate of drug-likeness (QED) is 0.162. The number of carbonyl (C=O) groups is 1. The number of amides is 1. The maximum Gasteiger partial charge on any atom is 0.280 e. The fraction of sp³-hybridized carbons (Fsp3) is 0.577. The third-order valence-corrected chi connectivity index (χ3v) is 9.58. The molecule has 3 aliphatic rings. The number of aromatic nitrogens is 6. The van der Waals surface area contributed by atoms with Crippen molar-refractivity contribution in [1.82, 2.24) is 39.7 Å². The van der Waals surface area contributed by atoms with E-state index in [2.05, 4.69) is 45.4 Å². The molecule has 1 unspecified atom stereocenters. The Balaban J connectivity index is 0.00000400. The van der Waals surface area contributed by atoms with Gasteiger partial charge in [-0.15, -0.1) is 0 Å². The van der Waals surface area contributed by atoms with E-state index in [1.165, 1.54) is 12.7 Å². The number of aromatic amines is 1. The molecule has 0 bridgehead atoms. The van der Waals surface area contributed by atoms with Gasteiger partial charge in [-0.1, -0.05) is 0 Å². The summed E-state index contributed by atoms with van der Waals surface area (Å²) in [5.41, 5.74) is 11.2. The highest BCUT2D eigenvalue weighted by Crippen LogP contribution is 2.35. The van der Waals surface area contributed by atoms with Crippen molar-refractivity contribution in [2.24, 2.45) is 4.99 Å². The van der Waals surface area contributed by atoms with Gasteiger partial charge in [0, 0.05) is 25.5 Å². The number of fused-ring (bicyclic) bond motifs is 2. The van der Waals surface area contributed by atoms with E-state index in [4.69, 9.17) is 16.2 Å². The van der Waals surface area contributed by atoms with E-state index in [0.29, 0.717) is 35.3 Å². The number of rotatable bonds is 8. The van der Waals surface area contributed by atoms with Crippen LogP contribution in [-0.4, -0.2) is 117 Å². The van der Waals surface area contributed by atoms with E-state index in [-0.39, 0.29) is 36.3 Å². The summed E-state index contributed by atoms with van der Waals surface area (Å²) in [6.07, 6.45) is 1.10. The summed E-state index contributed by atoms with van der Waals surface area (Å²) in [5, 5.41) is 27.8. The van der Waals surface area contributed by atoms with Crippen molar-refractivity contribution in [3.8, 4) is 0 Å². The van der Waals surface area contributed by atoms with E-state index >= 15 is 0 Å². The number of carbonyl (C=O) groups excluding carboxylic acids is 1. The van der Waals surface area contributed by atoms with Crippen molar-refractivity contribution >= 4 is 57.8 Å². The lowest BCUT2D eigenvalue weighted by atomic mass is 9.95. The van der Waals surface area contributed by atoms with Gasteiger partial charge in [0.2, 0.25) is 5.95 Å². The number of thioether (sulfide) groups is 1. The molecular formula is C26H38N12O5S. The van der Waals surface area contributed by atoms with Crippen LogP contribution < -0.4 is 27.7 Å². The summed E-state index contributed by atoms with van der Waals surface area (Å²) in [6.45, 7) is 6.40. The molecule has 0 spiro atoms. The third kappa shape index (κ3) is 5.82. The first-order valence-electron chi connectivity index (χ1n) is 14.4. The fourth-order valence-corrected chi connectivity index (χ4v) is 6.99. The maximum atomic E-state index is 13.0. The molecule has 6 heterocycles. The summed E-state index contributed by atoms with van der Waals surface area (Å²) in [7, 11) is 0. The van der Waals surface area contributed by atoms with Crippen molar-refractivity contribution < 1.29 is 21.2 Å². The van der Waals surface area contributed by atoms with Crippen LogP contribution in [0, 0.1) is 0 Å². The zero-order valence-electron chi connectivity index (χ0n) is 24.3. The van der Waals surface area contributed by atoms with Gasteiger partial charge in [0.05, 0.1) is 18.0 Å². The van der Waals surface area contributed by atoms with Crippen LogP contribution in [-0.2, 0) is 9.53 Å². The maximum absolute atomic E-state index is 13.0. The van der Waals surface area contributed by atoms with Gasteiger partial charge in [0.1, 0.15) is 29.8 Å². The zero-order chi connectivity index (χ0) is 31.2. The summed E-state index contributed by atoms with van der Waals surface area (Å²) in [6, 6.07) is 0. The Morgan fingerprint density at radius 3 is 2.77 bits per heavy atom. The molecule has 3 aliphatic heterocycles. The number of ether oxygens (including phenoxy) is 1. The van der Waals surface area contributed by atoms with Crippen LogP contribution in [0.5, 0.6) is 0 Å². The predicted octanol–water partition coefficient (Wildman–Crippen LogP) is -0.770. The Bertz CT molecular complexity index is 1640. The molecule has 2 saturated heterocycles. The number of nitrogens with zero attached hydrogens (tertiary/aromatic N) is 7. The minimum atomic E-state index is -1.14. The lowest BCUT2D eigenvalue weighted by molar-refractivity contribution is -0.115. The van der Waals surface area contributed by atoms with Crippen molar-refractivity contribution in [2.45, 2.75) is 62.0 Å². The number of H-pyrrole nitrogens is 1. The van der Waals surface area contributed by atoms with Crippen molar-refractivity contribution in [1.29, 1.82) is 0 Å². The van der Waals surface area contributed by atoms with E-state index in [1.807, 2.05) is 0 Å². The Morgan fingerprint density at radius 1 is 1.23 bits per heavy atom. The smallest absolute Gasteiger partial charge is 0.280 e. The third-order valence-electron chi connectivity index (χ3n) is 8.12. The molecule has 0 aromatic carbocycles. The largest absolute Gasteiger partial charge is 0.387 e. The minimum Gasteiger partial charge on any atom is -0.387 e. The molecule has 3 aromatic heterocycles. The first-order chi connectivity index (χ1) is 21.0. The van der Waals surface area contributed by atoms with Gasteiger partial charge in [-0.05, 0) is 39.8 Å². The minimum absolute atomic E-state index is 0. The summed E-state index contributed by atoms with van der Waals surface area (Å²) >= 11 is 1.72. The Hall–Kier alpha value is -3.84. The first-order valence-corrected chi connectivity index (χ1v) is 15.4. The number of piperidine rings is 1. The number of nitrogen functional groups attached to an aromatic ring is 2. The van der Waals surface area contributed by atoms with Crippen LogP contribution in [0.4, 0.5) is 23.3 Å². The van der Waals surface area contributed by atoms with Crippen molar-refractivity contribution in [2.75, 3.05) is 48.7 Å². The van der Waals surface area contributed by atoms with Gasteiger partial charge >= 0.3 is 0 Å². The fourth-order valence-electron chi connectivity index (χ4n) is 5.71. The number of anilines is 3. The second-order valence-electron chi connectivity index (χ2n) is 11.6. The number of likely N-dealkylation sites (tertiary alicyclic amines) is 1. The number of nitrogens with one attached hydrogen (secondary N) is 3. The molecule has 2 fully saturated rings. The molecule has 18 heteroatoms. The van der Waals surface area contributed by atoms with Gasteiger partial charge in [-0.25, -0.2) is 19.9 Å². The standard InChI is InChI=1S/C26H36N12O5S.H2/c1-26(2)18(33-15-20(36-26)34-25(28)35-22(15)41)23(42)29-5-8-37-6-3-12(4-7-37)44-9-13-16(39)17(40)24(43-13)38-11-32-14-19(27)30-10-31-21(14)38;/h10-13,16-17,24,39-40H,3-9H2,1-2H3,(H,29,42)(H2,27,30,31)(H4,28,34,35,36,41);1H/t13-,16+,17?,24-;/m1./s1. The number of aliphatic hydroxyl groups is 2. The van der Waals surface area contributed by atoms with E-state index in [0.717, 1.165) is 25.9 Å². The number of hydrogen-bond acceptors (Lipinski definition) is 15. The highest BCUT2D eigenvalue weighted by atomic mass is 32.2. The Labute approximate surface area is 257 Å². The highest BCUT2D eigenvalue weighted by molar-refractivity contribution is 7.99. The SMILES string of the molecule is CC1(C)Nc2nc(N)[nH]c(=O)c2N=C1C(=O)NCCN1CCC(SC[C@H]2O[C@@H](n3cnc4c(N)ncnc43)C(O)[C@H]2O)CC1.[HH]. The van der Waals surface area contributed by atoms with Gasteiger partial charge in [-0.2, -0.15) is 16.7 Å². The summed E-state index contributed by atoms with van der Waals surface area (Å²) < 4.78 is 7.65. The van der Waals surface area contributed by atoms with Crippen molar-refractivity contribution in [3.63, 3.8) is 0 Å². The molecule has 0 aliphatic carbocycles. The van der Waals surface area contributed by atoms with Crippen molar-refractivity contribution in [3.05, 3.63) is 23.0 Å². The number of nitrogens with two attached hydrogens (primary N) is 2. The number of hydrogen-bond donors (Lipinski definition) is 7. The van der Waals surface area contributed by atoms with Gasteiger partial charge in [-0.3, -0.25) is 19.1 Å². The van der Waals surface area contributed by atoms with Crippen LogP contribution in [0.1, 0.15) is 34.3 Å². The van der Waals surface area contributed by atoms with E-state index < -0.39 is 35.6 Å². The molecule has 1 amide bonds. The van der Waals surface area contributed by atoms with Crippen LogP contribution in [0.15, 0.2) is 22.4 Å². The Morgan fingerprint density at radius 2 is 2.00 bits per heavy atom.